The van der Waals surface area contributed by atoms with E-state index in [0.717, 1.165) is 30.6 Å². The number of allylic oxidation sites excluding steroid dienone is 1. The lowest BCUT2D eigenvalue weighted by Crippen LogP contribution is -2.51. The molecule has 24 heavy (non-hydrogen) atoms. The van der Waals surface area contributed by atoms with Crippen LogP contribution in [-0.2, 0) is 4.74 Å². The fraction of sp³-hybridized carbons (Fsp3) is 0.909. The van der Waals surface area contributed by atoms with E-state index >= 15 is 0 Å². The van der Waals surface area contributed by atoms with E-state index in [4.69, 9.17) is 4.74 Å². The van der Waals surface area contributed by atoms with E-state index in [1.165, 1.54) is 51.4 Å². The van der Waals surface area contributed by atoms with E-state index in [-0.39, 0.29) is 6.10 Å². The number of hydrogen-bond donors (Lipinski definition) is 1. The molecule has 4 saturated carbocycles. The Hall–Kier alpha value is -0.340. The maximum atomic E-state index is 10.1. The van der Waals surface area contributed by atoms with Crippen molar-refractivity contribution in [3.63, 3.8) is 0 Å². The van der Waals surface area contributed by atoms with Crippen LogP contribution in [0.1, 0.15) is 78.1 Å². The summed E-state index contributed by atoms with van der Waals surface area (Å²) < 4.78 is 6.47. The molecule has 0 aromatic rings. The topological polar surface area (TPSA) is 29.5 Å². The quantitative estimate of drug-likeness (QED) is 0.733. The molecule has 0 aromatic heterocycles. The molecule has 0 radical (unpaired) electrons. The molecule has 7 atom stereocenters. The SMILES string of the molecule is C[C@]12CCC(O)CC1=CC[C@@H]1[C@H]2CC[C@]2(C)C(OC3CC3)CC[C@@H]12. The standard InChI is InChI=1S/C22H34O2/c1-21-11-9-15(23)13-14(21)3-6-17-18-7-8-20(24-16-4-5-16)22(18,2)12-10-19(17)21/h3,15-20,23H,4-13H2,1-2H3/t15?,17-,18-,19+,20?,21-,22-/m0/s1. The first-order chi connectivity index (χ1) is 11.5. The molecular weight excluding hydrogens is 296 g/mol. The van der Waals surface area contributed by atoms with Crippen LogP contribution in [0, 0.1) is 28.6 Å². The van der Waals surface area contributed by atoms with E-state index in [2.05, 4.69) is 19.9 Å². The zero-order valence-electron chi connectivity index (χ0n) is 15.5. The minimum atomic E-state index is -0.0856. The first kappa shape index (κ1) is 15.9. The summed E-state index contributed by atoms with van der Waals surface area (Å²) in [6.07, 6.45) is 16.0. The molecule has 134 valence electrons. The molecule has 2 heteroatoms. The summed E-state index contributed by atoms with van der Waals surface area (Å²) >= 11 is 0. The van der Waals surface area contributed by atoms with Crippen molar-refractivity contribution in [1.82, 2.24) is 0 Å². The lowest BCUT2D eigenvalue weighted by atomic mass is 9.48. The van der Waals surface area contributed by atoms with Crippen molar-refractivity contribution in [3.05, 3.63) is 11.6 Å². The maximum absolute atomic E-state index is 10.1. The normalized spacial score (nSPS) is 53.8. The Labute approximate surface area is 147 Å². The Morgan fingerprint density at radius 3 is 2.62 bits per heavy atom. The third-order valence-corrected chi connectivity index (χ3v) is 8.87. The summed E-state index contributed by atoms with van der Waals surface area (Å²) in [5.41, 5.74) is 2.40. The Balaban J connectivity index is 1.42. The van der Waals surface area contributed by atoms with E-state index < -0.39 is 0 Å². The highest BCUT2D eigenvalue weighted by Gasteiger charge is 2.59. The van der Waals surface area contributed by atoms with Crippen LogP contribution >= 0.6 is 0 Å². The molecule has 0 spiro atoms. The maximum Gasteiger partial charge on any atom is 0.0635 e. The Morgan fingerprint density at radius 2 is 1.83 bits per heavy atom. The van der Waals surface area contributed by atoms with Crippen LogP contribution in [0.4, 0.5) is 0 Å². The average Bonchev–Trinajstić information content (AvgIpc) is 3.31. The van der Waals surface area contributed by atoms with Gasteiger partial charge >= 0.3 is 0 Å². The number of aliphatic hydroxyl groups excluding tert-OH is 1. The van der Waals surface area contributed by atoms with Gasteiger partial charge in [-0.3, -0.25) is 0 Å². The Morgan fingerprint density at radius 1 is 1.00 bits per heavy atom. The van der Waals surface area contributed by atoms with Gasteiger partial charge in [0.15, 0.2) is 0 Å². The average molecular weight is 331 g/mol. The number of fused-ring (bicyclic) bond motifs is 5. The minimum absolute atomic E-state index is 0.0856. The molecule has 5 aliphatic rings. The third-order valence-electron chi connectivity index (χ3n) is 8.87. The summed E-state index contributed by atoms with van der Waals surface area (Å²) in [7, 11) is 0. The number of ether oxygens (including phenoxy) is 1. The van der Waals surface area contributed by atoms with Crippen LogP contribution in [0.2, 0.25) is 0 Å². The van der Waals surface area contributed by atoms with Gasteiger partial charge in [-0.25, -0.2) is 0 Å². The summed E-state index contributed by atoms with van der Waals surface area (Å²) in [6, 6.07) is 0. The molecule has 5 rings (SSSR count). The van der Waals surface area contributed by atoms with Crippen molar-refractivity contribution in [2.75, 3.05) is 0 Å². The third kappa shape index (κ3) is 2.21. The van der Waals surface area contributed by atoms with Gasteiger partial charge in [0.2, 0.25) is 0 Å². The van der Waals surface area contributed by atoms with Crippen molar-refractivity contribution in [1.29, 1.82) is 0 Å². The lowest BCUT2D eigenvalue weighted by Gasteiger charge is -2.57. The molecule has 5 aliphatic carbocycles. The highest BCUT2D eigenvalue weighted by Crippen LogP contribution is 2.65. The van der Waals surface area contributed by atoms with Crippen LogP contribution in [-0.4, -0.2) is 23.4 Å². The van der Waals surface area contributed by atoms with E-state index in [1.54, 1.807) is 5.57 Å². The second-order valence-electron chi connectivity index (χ2n) is 10.1. The molecule has 0 aliphatic heterocycles. The monoisotopic (exact) mass is 330 g/mol. The predicted octanol–water partition coefficient (Wildman–Crippen LogP) is 4.86. The van der Waals surface area contributed by atoms with Gasteiger partial charge in [0.25, 0.3) is 0 Å². The van der Waals surface area contributed by atoms with Crippen molar-refractivity contribution in [2.45, 2.75) is 96.4 Å². The van der Waals surface area contributed by atoms with Gasteiger partial charge < -0.3 is 9.84 Å². The van der Waals surface area contributed by atoms with E-state index in [1.807, 2.05) is 0 Å². The number of rotatable bonds is 2. The molecule has 2 nitrogen and oxygen atoms in total. The van der Waals surface area contributed by atoms with Gasteiger partial charge in [-0.2, -0.15) is 0 Å². The molecule has 1 N–H and O–H groups in total. The summed E-state index contributed by atoms with van der Waals surface area (Å²) in [5, 5.41) is 10.1. The highest BCUT2D eigenvalue weighted by atomic mass is 16.5. The van der Waals surface area contributed by atoms with Gasteiger partial charge in [-0.05, 0) is 92.8 Å². The summed E-state index contributed by atoms with van der Waals surface area (Å²) in [5.74, 6) is 2.57. The largest absolute Gasteiger partial charge is 0.393 e. The second-order valence-corrected chi connectivity index (χ2v) is 10.1. The van der Waals surface area contributed by atoms with Crippen LogP contribution in [0.3, 0.4) is 0 Å². The van der Waals surface area contributed by atoms with Gasteiger partial charge in [0, 0.05) is 0 Å². The molecule has 0 heterocycles. The fourth-order valence-corrected chi connectivity index (χ4v) is 7.25. The van der Waals surface area contributed by atoms with Crippen molar-refractivity contribution in [2.24, 2.45) is 28.6 Å². The first-order valence-corrected chi connectivity index (χ1v) is 10.5. The smallest absolute Gasteiger partial charge is 0.0635 e. The van der Waals surface area contributed by atoms with Crippen molar-refractivity contribution >= 4 is 0 Å². The molecule has 0 amide bonds. The van der Waals surface area contributed by atoms with Gasteiger partial charge in [-0.15, -0.1) is 0 Å². The molecular formula is C22H34O2. The summed E-state index contributed by atoms with van der Waals surface area (Å²) in [4.78, 5) is 0. The second kappa shape index (κ2) is 5.33. The number of hydrogen-bond acceptors (Lipinski definition) is 2. The van der Waals surface area contributed by atoms with E-state index in [0.29, 0.717) is 23.0 Å². The molecule has 0 aromatic carbocycles. The van der Waals surface area contributed by atoms with Crippen LogP contribution in [0.25, 0.3) is 0 Å². The fourth-order valence-electron chi connectivity index (χ4n) is 7.25. The van der Waals surface area contributed by atoms with E-state index in [9.17, 15) is 5.11 Å². The van der Waals surface area contributed by atoms with Gasteiger partial charge in [0.05, 0.1) is 18.3 Å². The van der Waals surface area contributed by atoms with Crippen molar-refractivity contribution < 1.29 is 9.84 Å². The first-order valence-electron chi connectivity index (χ1n) is 10.5. The molecule has 0 saturated heterocycles. The van der Waals surface area contributed by atoms with Gasteiger partial charge in [-0.1, -0.05) is 25.5 Å². The van der Waals surface area contributed by atoms with Crippen LogP contribution in [0.15, 0.2) is 11.6 Å². The molecule has 4 fully saturated rings. The molecule has 2 unspecified atom stereocenters. The van der Waals surface area contributed by atoms with Gasteiger partial charge in [0.1, 0.15) is 0 Å². The zero-order chi connectivity index (χ0) is 16.5. The highest BCUT2D eigenvalue weighted by molar-refractivity contribution is 5.25. The minimum Gasteiger partial charge on any atom is -0.393 e. The lowest BCUT2D eigenvalue weighted by molar-refractivity contribution is -0.0975. The molecule has 0 bridgehead atoms. The Bertz CT molecular complexity index is 550. The summed E-state index contributed by atoms with van der Waals surface area (Å²) in [6.45, 7) is 5.08. The Kier molecular flexibility index (Phi) is 3.53. The van der Waals surface area contributed by atoms with Crippen LogP contribution < -0.4 is 0 Å². The predicted molar refractivity (Wildman–Crippen MR) is 95.6 cm³/mol. The van der Waals surface area contributed by atoms with Crippen molar-refractivity contribution in [3.8, 4) is 0 Å². The van der Waals surface area contributed by atoms with Crippen LogP contribution in [0.5, 0.6) is 0 Å². The number of aliphatic hydroxyl groups is 1. The zero-order valence-corrected chi connectivity index (χ0v) is 15.5.